The molecule has 0 bridgehead atoms. The molecule has 0 saturated carbocycles. The smallest absolute Gasteiger partial charge is 0.0896 e. The molecule has 0 aliphatic rings. The Bertz CT molecular complexity index is 540. The van der Waals surface area contributed by atoms with Gasteiger partial charge in [0, 0.05) is 0 Å². The monoisotopic (exact) mass is 366 g/mol. The summed E-state index contributed by atoms with van der Waals surface area (Å²) in [5.41, 5.74) is 0.477. The van der Waals surface area contributed by atoms with E-state index in [2.05, 4.69) is 13.8 Å². The van der Waals surface area contributed by atoms with Gasteiger partial charge >= 0.3 is 0 Å². The Morgan fingerprint density at radius 2 is 1.17 bits per heavy atom. The number of rotatable bonds is 7. The second-order valence-corrected chi connectivity index (χ2v) is 6.83. The van der Waals surface area contributed by atoms with E-state index >= 15 is 0 Å². The van der Waals surface area contributed by atoms with E-state index in [1.807, 2.05) is 42.5 Å². The molecule has 2 aromatic carbocycles. The highest BCUT2D eigenvalue weighted by Crippen LogP contribution is 2.32. The fourth-order valence-electron chi connectivity index (χ4n) is 2.54. The second kappa shape index (κ2) is 11.5. The Hall–Kier alpha value is -1.02. The minimum absolute atomic E-state index is 0.604. The predicted molar refractivity (Wildman–Crippen MR) is 106 cm³/mol. The SMILES string of the molecule is CCCCC(O)(CCCC)c1ccccc1.Clc1ccccc1Cl. The number of halogens is 2. The van der Waals surface area contributed by atoms with Crippen LogP contribution in [0.15, 0.2) is 54.6 Å². The van der Waals surface area contributed by atoms with Crippen molar-refractivity contribution in [3.8, 4) is 0 Å². The Morgan fingerprint density at radius 3 is 1.54 bits per heavy atom. The first-order valence-electron chi connectivity index (χ1n) is 8.71. The lowest BCUT2D eigenvalue weighted by molar-refractivity contribution is 0.0141. The molecule has 0 aliphatic carbocycles. The van der Waals surface area contributed by atoms with Crippen molar-refractivity contribution < 1.29 is 5.11 Å². The summed E-state index contributed by atoms with van der Waals surface area (Å²) in [5.74, 6) is 0. The third-order valence-electron chi connectivity index (χ3n) is 4.02. The highest BCUT2D eigenvalue weighted by molar-refractivity contribution is 6.41. The van der Waals surface area contributed by atoms with Gasteiger partial charge in [0.15, 0.2) is 0 Å². The van der Waals surface area contributed by atoms with Crippen molar-refractivity contribution >= 4 is 23.2 Å². The topological polar surface area (TPSA) is 20.2 Å². The van der Waals surface area contributed by atoms with E-state index in [0.717, 1.165) is 44.1 Å². The first-order chi connectivity index (χ1) is 11.5. The highest BCUT2D eigenvalue weighted by atomic mass is 35.5. The molecule has 0 radical (unpaired) electrons. The zero-order chi connectivity index (χ0) is 17.8. The summed E-state index contributed by atoms with van der Waals surface area (Å²) in [6.45, 7) is 4.34. The molecule has 0 unspecified atom stereocenters. The number of hydrogen-bond acceptors (Lipinski definition) is 1. The molecule has 3 heteroatoms. The van der Waals surface area contributed by atoms with Gasteiger partial charge in [0.05, 0.1) is 15.6 Å². The largest absolute Gasteiger partial charge is 0.385 e. The molecule has 0 amide bonds. The van der Waals surface area contributed by atoms with E-state index in [9.17, 15) is 5.11 Å². The van der Waals surface area contributed by atoms with E-state index in [1.165, 1.54) is 0 Å². The molecule has 0 fully saturated rings. The van der Waals surface area contributed by atoms with E-state index in [4.69, 9.17) is 23.2 Å². The third kappa shape index (κ3) is 7.25. The van der Waals surface area contributed by atoms with Gasteiger partial charge in [0.25, 0.3) is 0 Å². The summed E-state index contributed by atoms with van der Waals surface area (Å²) in [6, 6.07) is 17.3. The van der Waals surface area contributed by atoms with E-state index in [-0.39, 0.29) is 0 Å². The van der Waals surface area contributed by atoms with Crippen LogP contribution >= 0.6 is 23.2 Å². The maximum absolute atomic E-state index is 10.7. The van der Waals surface area contributed by atoms with Crippen LogP contribution in [0.3, 0.4) is 0 Å². The average molecular weight is 367 g/mol. The highest BCUT2D eigenvalue weighted by Gasteiger charge is 2.27. The van der Waals surface area contributed by atoms with Crippen molar-refractivity contribution in [2.24, 2.45) is 0 Å². The average Bonchev–Trinajstić information content (AvgIpc) is 2.62. The molecule has 0 heterocycles. The Labute approximate surface area is 156 Å². The molecule has 1 nitrogen and oxygen atoms in total. The summed E-state index contributed by atoms with van der Waals surface area (Å²) in [5, 5.41) is 12.0. The molecule has 0 aromatic heterocycles. The van der Waals surface area contributed by atoms with Gasteiger partial charge in [0.2, 0.25) is 0 Å². The number of unbranched alkanes of at least 4 members (excludes halogenated alkanes) is 2. The maximum Gasteiger partial charge on any atom is 0.0896 e. The van der Waals surface area contributed by atoms with Crippen molar-refractivity contribution in [3.05, 3.63) is 70.2 Å². The van der Waals surface area contributed by atoms with E-state index in [0.29, 0.717) is 10.0 Å². The van der Waals surface area contributed by atoms with Gasteiger partial charge in [-0.25, -0.2) is 0 Å². The van der Waals surface area contributed by atoms with Crippen LogP contribution < -0.4 is 0 Å². The van der Waals surface area contributed by atoms with Gasteiger partial charge in [0.1, 0.15) is 0 Å². The molecule has 2 aromatic rings. The van der Waals surface area contributed by atoms with E-state index < -0.39 is 5.60 Å². The van der Waals surface area contributed by atoms with Gasteiger partial charge in [-0.05, 0) is 30.5 Å². The Morgan fingerprint density at radius 1 is 0.750 bits per heavy atom. The van der Waals surface area contributed by atoms with Crippen LogP contribution in [0.4, 0.5) is 0 Å². The lowest BCUT2D eigenvalue weighted by Gasteiger charge is -2.28. The van der Waals surface area contributed by atoms with Gasteiger partial charge in [-0.1, -0.05) is 105 Å². The van der Waals surface area contributed by atoms with E-state index in [1.54, 1.807) is 12.1 Å². The van der Waals surface area contributed by atoms with Crippen LogP contribution in [-0.4, -0.2) is 5.11 Å². The predicted octanol–water partition coefficient (Wildman–Crippen LogP) is 7.25. The molecule has 132 valence electrons. The van der Waals surface area contributed by atoms with Gasteiger partial charge in [-0.15, -0.1) is 0 Å². The molecule has 2 rings (SSSR count). The zero-order valence-corrected chi connectivity index (χ0v) is 16.2. The molecule has 0 aliphatic heterocycles. The van der Waals surface area contributed by atoms with Gasteiger partial charge < -0.3 is 5.11 Å². The summed E-state index contributed by atoms with van der Waals surface area (Å²) >= 11 is 11.2. The second-order valence-electron chi connectivity index (χ2n) is 6.02. The quantitative estimate of drug-likeness (QED) is 0.546. The molecule has 0 saturated heterocycles. The normalized spacial score (nSPS) is 10.9. The fraction of sp³-hybridized carbons (Fsp3) is 0.429. The van der Waals surface area contributed by atoms with Crippen LogP contribution in [0.2, 0.25) is 10.0 Å². The molecular weight excluding hydrogens is 339 g/mol. The zero-order valence-electron chi connectivity index (χ0n) is 14.6. The van der Waals surface area contributed by atoms with Crippen LogP contribution in [0.1, 0.15) is 57.9 Å². The summed E-state index contributed by atoms with van der Waals surface area (Å²) in [7, 11) is 0. The van der Waals surface area contributed by atoms with Gasteiger partial charge in [-0.3, -0.25) is 0 Å². The van der Waals surface area contributed by atoms with Crippen LogP contribution in [0, 0.1) is 0 Å². The molecule has 0 atom stereocenters. The van der Waals surface area contributed by atoms with Gasteiger partial charge in [-0.2, -0.15) is 0 Å². The first-order valence-corrected chi connectivity index (χ1v) is 9.47. The molecule has 24 heavy (non-hydrogen) atoms. The lowest BCUT2D eigenvalue weighted by atomic mass is 9.84. The summed E-state index contributed by atoms with van der Waals surface area (Å²) in [4.78, 5) is 0. The molecule has 0 spiro atoms. The van der Waals surface area contributed by atoms with Crippen LogP contribution in [-0.2, 0) is 5.60 Å². The molecular formula is C21H28Cl2O. The number of aliphatic hydroxyl groups is 1. The number of benzene rings is 2. The van der Waals surface area contributed by atoms with Crippen molar-refractivity contribution in [3.63, 3.8) is 0 Å². The van der Waals surface area contributed by atoms with Crippen molar-refractivity contribution in [2.45, 2.75) is 58.0 Å². The summed E-state index contributed by atoms with van der Waals surface area (Å²) < 4.78 is 0. The van der Waals surface area contributed by atoms with Crippen LogP contribution in [0.25, 0.3) is 0 Å². The third-order valence-corrected chi connectivity index (χ3v) is 4.78. The fourth-order valence-corrected chi connectivity index (χ4v) is 2.81. The van der Waals surface area contributed by atoms with Crippen molar-refractivity contribution in [1.82, 2.24) is 0 Å². The standard InChI is InChI=1S/C15H24O.C6H4Cl2/c1-3-5-12-15(16,13-6-4-2)14-10-8-7-9-11-14;7-5-3-1-2-4-6(5)8/h7-11,16H,3-6,12-13H2,1-2H3;1-4H. The number of hydrogen-bond donors (Lipinski definition) is 1. The first kappa shape index (κ1) is 21.0. The van der Waals surface area contributed by atoms with Crippen molar-refractivity contribution in [2.75, 3.05) is 0 Å². The Kier molecular flexibility index (Phi) is 10.1. The van der Waals surface area contributed by atoms with Crippen molar-refractivity contribution in [1.29, 1.82) is 0 Å². The minimum Gasteiger partial charge on any atom is -0.385 e. The summed E-state index contributed by atoms with van der Waals surface area (Å²) in [6.07, 6.45) is 6.23. The maximum atomic E-state index is 10.7. The minimum atomic E-state index is -0.604. The lowest BCUT2D eigenvalue weighted by Crippen LogP contribution is -2.25. The molecule has 1 N–H and O–H groups in total. The van der Waals surface area contributed by atoms with Crippen LogP contribution in [0.5, 0.6) is 0 Å². The Balaban J connectivity index is 0.000000300.